The highest BCUT2D eigenvalue weighted by Crippen LogP contribution is 2.35. The van der Waals surface area contributed by atoms with E-state index in [1.54, 1.807) is 30.0 Å². The van der Waals surface area contributed by atoms with Crippen LogP contribution >= 0.6 is 11.8 Å². The second kappa shape index (κ2) is 10.7. The molecule has 7 nitrogen and oxygen atoms in total. The number of carbonyl (C=O) groups is 1. The van der Waals surface area contributed by atoms with Gasteiger partial charge in [-0.3, -0.25) is 4.79 Å². The lowest BCUT2D eigenvalue weighted by molar-refractivity contribution is 0.102. The fraction of sp³-hybridized carbons (Fsp3) is 0.111. The summed E-state index contributed by atoms with van der Waals surface area (Å²) in [7, 11) is 1.48. The molecule has 0 radical (unpaired) electrons. The predicted molar refractivity (Wildman–Crippen MR) is 136 cm³/mol. The smallest absolute Gasteiger partial charge is 0.261 e. The number of nitriles is 1. The van der Waals surface area contributed by atoms with Crippen LogP contribution in [-0.4, -0.2) is 29.5 Å². The van der Waals surface area contributed by atoms with Crippen molar-refractivity contribution in [3.8, 4) is 34.7 Å². The van der Waals surface area contributed by atoms with Crippen molar-refractivity contribution < 1.29 is 14.3 Å². The van der Waals surface area contributed by atoms with Crippen molar-refractivity contribution in [1.29, 1.82) is 5.26 Å². The van der Waals surface area contributed by atoms with Gasteiger partial charge in [-0.15, -0.1) is 22.0 Å². The molecule has 8 heteroatoms. The third kappa shape index (κ3) is 5.26. The molecule has 4 aromatic rings. The summed E-state index contributed by atoms with van der Waals surface area (Å²) in [6.07, 6.45) is 1.97. The van der Waals surface area contributed by atoms with E-state index < -0.39 is 0 Å². The molecule has 1 amide bonds. The summed E-state index contributed by atoms with van der Waals surface area (Å²) in [6, 6.07) is 23.9. The van der Waals surface area contributed by atoms with Gasteiger partial charge in [-0.25, -0.2) is 0 Å². The number of hydrogen-bond acceptors (Lipinski definition) is 7. The Morgan fingerprint density at radius 2 is 1.80 bits per heavy atom. The summed E-state index contributed by atoms with van der Waals surface area (Å²) in [5.74, 6) is 0.305. The summed E-state index contributed by atoms with van der Waals surface area (Å²) in [4.78, 5) is 14.6. The molecule has 1 heterocycles. The van der Waals surface area contributed by atoms with Gasteiger partial charge in [-0.2, -0.15) is 5.26 Å². The van der Waals surface area contributed by atoms with E-state index in [2.05, 4.69) is 21.6 Å². The van der Waals surface area contributed by atoms with Crippen molar-refractivity contribution in [2.45, 2.75) is 11.8 Å². The van der Waals surface area contributed by atoms with Crippen LogP contribution in [0, 0.1) is 18.3 Å². The SMILES string of the molecule is COc1cc(C#N)ccc1Oc1nnc(-c2ccccc2)c(C)c1C(=O)Nc1cccc(SC)c1. The normalized spacial score (nSPS) is 10.3. The van der Waals surface area contributed by atoms with E-state index in [1.807, 2.05) is 67.8 Å². The van der Waals surface area contributed by atoms with Gasteiger partial charge in [-0.1, -0.05) is 36.4 Å². The molecular formula is C27H22N4O3S. The van der Waals surface area contributed by atoms with Gasteiger partial charge in [0, 0.05) is 22.2 Å². The first-order chi connectivity index (χ1) is 17.0. The molecule has 0 bridgehead atoms. The van der Waals surface area contributed by atoms with Crippen LogP contribution in [0.1, 0.15) is 21.5 Å². The number of carbonyl (C=O) groups excluding carboxylic acids is 1. The van der Waals surface area contributed by atoms with Crippen LogP contribution < -0.4 is 14.8 Å². The Bertz CT molecular complexity index is 1420. The second-order valence-corrected chi connectivity index (χ2v) is 8.37. The van der Waals surface area contributed by atoms with Gasteiger partial charge in [0.25, 0.3) is 11.8 Å². The average molecular weight is 483 g/mol. The molecule has 0 aliphatic carbocycles. The number of aromatic nitrogens is 2. The van der Waals surface area contributed by atoms with Gasteiger partial charge in [0.05, 0.1) is 24.4 Å². The zero-order chi connectivity index (χ0) is 24.8. The molecule has 0 aliphatic heterocycles. The summed E-state index contributed by atoms with van der Waals surface area (Å²) in [5, 5.41) is 20.8. The maximum atomic E-state index is 13.5. The first-order valence-corrected chi connectivity index (χ1v) is 11.9. The predicted octanol–water partition coefficient (Wildman–Crippen LogP) is 6.10. The van der Waals surface area contributed by atoms with Gasteiger partial charge in [0.15, 0.2) is 11.5 Å². The maximum Gasteiger partial charge on any atom is 0.261 e. The Labute approximate surface area is 207 Å². The Balaban J connectivity index is 1.80. The molecule has 0 spiro atoms. The molecule has 1 N–H and O–H groups in total. The number of nitrogens with zero attached hydrogens (tertiary/aromatic N) is 3. The largest absolute Gasteiger partial charge is 0.493 e. The number of nitrogens with one attached hydrogen (secondary N) is 1. The molecule has 0 atom stereocenters. The minimum atomic E-state index is -0.379. The van der Waals surface area contributed by atoms with Crippen LogP contribution in [0.3, 0.4) is 0 Å². The first-order valence-electron chi connectivity index (χ1n) is 10.7. The number of rotatable bonds is 7. The van der Waals surface area contributed by atoms with Crippen molar-refractivity contribution in [1.82, 2.24) is 10.2 Å². The number of thioether (sulfide) groups is 1. The number of methoxy groups -OCH3 is 1. The zero-order valence-electron chi connectivity index (χ0n) is 19.4. The van der Waals surface area contributed by atoms with Crippen LogP contribution in [0.4, 0.5) is 5.69 Å². The number of hydrogen-bond donors (Lipinski definition) is 1. The fourth-order valence-electron chi connectivity index (χ4n) is 3.53. The molecule has 3 aromatic carbocycles. The molecular weight excluding hydrogens is 460 g/mol. The second-order valence-electron chi connectivity index (χ2n) is 7.49. The number of anilines is 1. The summed E-state index contributed by atoms with van der Waals surface area (Å²) >= 11 is 1.59. The fourth-order valence-corrected chi connectivity index (χ4v) is 3.99. The van der Waals surface area contributed by atoms with E-state index in [-0.39, 0.29) is 17.4 Å². The molecule has 35 heavy (non-hydrogen) atoms. The third-order valence-corrected chi connectivity index (χ3v) is 6.01. The number of ether oxygens (including phenoxy) is 2. The Morgan fingerprint density at radius 3 is 2.51 bits per heavy atom. The van der Waals surface area contributed by atoms with Crippen LogP contribution in [-0.2, 0) is 0 Å². The van der Waals surface area contributed by atoms with Gasteiger partial charge in [0.2, 0.25) is 0 Å². The molecule has 0 aliphatic rings. The van der Waals surface area contributed by atoms with E-state index in [0.29, 0.717) is 34.0 Å². The van der Waals surface area contributed by atoms with E-state index in [9.17, 15) is 10.1 Å². The monoisotopic (exact) mass is 482 g/mol. The van der Waals surface area contributed by atoms with Gasteiger partial charge < -0.3 is 14.8 Å². The van der Waals surface area contributed by atoms with Crippen molar-refractivity contribution in [3.63, 3.8) is 0 Å². The molecule has 0 unspecified atom stereocenters. The molecule has 4 rings (SSSR count). The quantitative estimate of drug-likeness (QED) is 0.318. The van der Waals surface area contributed by atoms with E-state index in [1.165, 1.54) is 7.11 Å². The topological polar surface area (TPSA) is 97.1 Å². The van der Waals surface area contributed by atoms with Crippen LogP contribution in [0.15, 0.2) is 77.7 Å². The highest BCUT2D eigenvalue weighted by atomic mass is 32.2. The minimum absolute atomic E-state index is 0.0312. The Morgan fingerprint density at radius 1 is 1.00 bits per heavy atom. The standard InChI is InChI=1S/C27H22N4O3S/c1-17-24(26(32)29-20-10-7-11-21(15-20)35-3)27(31-30-25(17)19-8-5-4-6-9-19)34-22-13-12-18(16-28)14-23(22)33-2/h4-15H,1-3H3,(H,29,32). The van der Waals surface area contributed by atoms with Crippen molar-refractivity contribution >= 4 is 23.4 Å². The van der Waals surface area contributed by atoms with Crippen LogP contribution in [0.25, 0.3) is 11.3 Å². The molecule has 0 saturated heterocycles. The molecule has 1 aromatic heterocycles. The average Bonchev–Trinajstić information content (AvgIpc) is 2.89. The van der Waals surface area contributed by atoms with Crippen molar-refractivity contribution in [2.75, 3.05) is 18.7 Å². The van der Waals surface area contributed by atoms with Crippen molar-refractivity contribution in [3.05, 3.63) is 89.5 Å². The summed E-state index contributed by atoms with van der Waals surface area (Å²) in [6.45, 7) is 1.81. The molecule has 0 fully saturated rings. The highest BCUT2D eigenvalue weighted by Gasteiger charge is 2.24. The van der Waals surface area contributed by atoms with Crippen molar-refractivity contribution in [2.24, 2.45) is 0 Å². The van der Waals surface area contributed by atoms with Crippen LogP contribution in [0.5, 0.6) is 17.4 Å². The van der Waals surface area contributed by atoms with E-state index >= 15 is 0 Å². The zero-order valence-corrected chi connectivity index (χ0v) is 20.2. The minimum Gasteiger partial charge on any atom is -0.493 e. The van der Waals surface area contributed by atoms with Crippen LogP contribution in [0.2, 0.25) is 0 Å². The molecule has 174 valence electrons. The maximum absolute atomic E-state index is 13.5. The first kappa shape index (κ1) is 23.8. The summed E-state index contributed by atoms with van der Waals surface area (Å²) < 4.78 is 11.4. The molecule has 0 saturated carbocycles. The third-order valence-electron chi connectivity index (χ3n) is 5.29. The number of amides is 1. The van der Waals surface area contributed by atoms with Gasteiger partial charge in [0.1, 0.15) is 5.56 Å². The van der Waals surface area contributed by atoms with E-state index in [4.69, 9.17) is 9.47 Å². The summed E-state index contributed by atoms with van der Waals surface area (Å²) in [5.41, 5.74) is 3.35. The van der Waals surface area contributed by atoms with E-state index in [0.717, 1.165) is 10.5 Å². The van der Waals surface area contributed by atoms with Gasteiger partial charge in [-0.05, 0) is 49.1 Å². The Hall–Kier alpha value is -4.35. The van der Waals surface area contributed by atoms with Gasteiger partial charge >= 0.3 is 0 Å². The number of benzene rings is 3. The lowest BCUT2D eigenvalue weighted by atomic mass is 10.0. The Kier molecular flexibility index (Phi) is 7.29. The highest BCUT2D eigenvalue weighted by molar-refractivity contribution is 7.98. The lowest BCUT2D eigenvalue weighted by Gasteiger charge is -2.16. The lowest BCUT2D eigenvalue weighted by Crippen LogP contribution is -2.17.